The molecule has 78 heavy (non-hydrogen) atoms. The first-order valence-electron chi connectivity index (χ1n) is 25.2. The summed E-state index contributed by atoms with van der Waals surface area (Å²) in [5.41, 5.74) is 11.9. The van der Waals surface area contributed by atoms with Crippen LogP contribution in [0.1, 0.15) is 93.6 Å². The molecule has 0 unspecified atom stereocenters. The summed E-state index contributed by atoms with van der Waals surface area (Å²) in [6.07, 6.45) is -6.92. The molecule has 0 aliphatic rings. The van der Waals surface area contributed by atoms with Gasteiger partial charge in [-0.15, -0.1) is 0 Å². The lowest BCUT2D eigenvalue weighted by molar-refractivity contribution is -0.143. The molecule has 1 aromatic rings. The average Bonchev–Trinajstić information content (AvgIpc) is 3.36. The van der Waals surface area contributed by atoms with Crippen LogP contribution >= 0.6 is 0 Å². The van der Waals surface area contributed by atoms with Gasteiger partial charge in [0.2, 0.25) is 59.1 Å². The summed E-state index contributed by atoms with van der Waals surface area (Å²) < 4.78 is 0. The zero-order chi connectivity index (χ0) is 59.9. The standard InChI is InChI=1S/C49H79N11O18/c1-10-22(5)34(51)43(71)57-36(23(6)11-2)45(73)59-39(26(9)64)48(76)60-38(25(8)63)47(75)54-30(19-33(66)67)40(68)52-29(18-32(50)65)42(70)58-37(24(7)62)46(74)53-28(17-27-15-13-12-14-16-27)41(69)56-35(21(3)4)44(72)55-31(20-61)49(77)78/h12-16,21-26,28-31,34-39,61-64H,10-11,17-20,51H2,1-9H3,(H2,50,65)(H,52,68)(H,53,74)(H,54,75)(H,55,72)(H,56,69)(H,57,71)(H,58,70)(H,59,73)(H,60,76)(H,66,67)(H,77,78)/t22-,23-,24+,25+,26+,28-,29-,30-,31-,34-,35-,36-,37-,38-,39-/m0/s1. The number of nitrogens with two attached hydrogens (primary N) is 2. The van der Waals surface area contributed by atoms with Gasteiger partial charge in [0.25, 0.3) is 0 Å². The molecule has 15 atom stereocenters. The maximum atomic E-state index is 13.9. The highest BCUT2D eigenvalue weighted by molar-refractivity contribution is 6.00. The van der Waals surface area contributed by atoms with Crippen molar-refractivity contribution in [1.29, 1.82) is 0 Å². The van der Waals surface area contributed by atoms with Gasteiger partial charge in [0.05, 0.1) is 43.8 Å². The van der Waals surface area contributed by atoms with Gasteiger partial charge in [-0.25, -0.2) is 4.79 Å². The minimum atomic E-state index is -2.16. The van der Waals surface area contributed by atoms with E-state index in [0.29, 0.717) is 18.4 Å². The molecule has 438 valence electrons. The number of nitrogens with one attached hydrogen (secondary N) is 9. The molecular weight excluding hydrogens is 1030 g/mol. The maximum absolute atomic E-state index is 13.9. The predicted octanol–water partition coefficient (Wildman–Crippen LogP) is -5.76. The lowest BCUT2D eigenvalue weighted by Gasteiger charge is -2.30. The van der Waals surface area contributed by atoms with Crippen LogP contribution in [0.3, 0.4) is 0 Å². The van der Waals surface area contributed by atoms with Gasteiger partial charge in [-0.2, -0.15) is 0 Å². The van der Waals surface area contributed by atoms with Gasteiger partial charge in [-0.05, 0) is 44.1 Å². The van der Waals surface area contributed by atoms with Crippen LogP contribution in [0.15, 0.2) is 30.3 Å². The molecule has 10 amide bonds. The number of aliphatic hydroxyl groups excluding tert-OH is 4. The number of carbonyl (C=O) groups excluding carboxylic acids is 10. The van der Waals surface area contributed by atoms with Crippen molar-refractivity contribution in [1.82, 2.24) is 47.9 Å². The second kappa shape index (κ2) is 33.1. The van der Waals surface area contributed by atoms with Crippen molar-refractivity contribution in [2.75, 3.05) is 6.61 Å². The Morgan fingerprint density at radius 3 is 1.24 bits per heavy atom. The number of primary amides is 1. The molecule has 0 spiro atoms. The highest BCUT2D eigenvalue weighted by atomic mass is 16.4. The van der Waals surface area contributed by atoms with E-state index in [9.17, 15) is 88.2 Å². The predicted molar refractivity (Wildman–Crippen MR) is 275 cm³/mol. The zero-order valence-corrected chi connectivity index (χ0v) is 45.1. The number of rotatable bonds is 34. The molecule has 29 nitrogen and oxygen atoms in total. The first kappa shape index (κ1) is 68.7. The van der Waals surface area contributed by atoms with Crippen LogP contribution in [0.4, 0.5) is 0 Å². The number of amides is 10. The van der Waals surface area contributed by atoms with Gasteiger partial charge in [0.1, 0.15) is 54.4 Å². The Labute approximate surface area is 450 Å². The van der Waals surface area contributed by atoms with E-state index in [-0.39, 0.29) is 12.3 Å². The van der Waals surface area contributed by atoms with Crippen LogP contribution < -0.4 is 59.3 Å². The quantitative estimate of drug-likeness (QED) is 0.0306. The maximum Gasteiger partial charge on any atom is 0.328 e. The minimum Gasteiger partial charge on any atom is -0.481 e. The van der Waals surface area contributed by atoms with Crippen LogP contribution in [-0.2, 0) is 64.0 Å². The van der Waals surface area contributed by atoms with Gasteiger partial charge in [-0.1, -0.05) is 84.7 Å². The Morgan fingerprint density at radius 1 is 0.462 bits per heavy atom. The zero-order valence-electron chi connectivity index (χ0n) is 45.1. The number of aliphatic carboxylic acids is 2. The van der Waals surface area contributed by atoms with E-state index in [4.69, 9.17) is 11.5 Å². The van der Waals surface area contributed by atoms with Crippen molar-refractivity contribution in [3.05, 3.63) is 35.9 Å². The first-order chi connectivity index (χ1) is 36.3. The van der Waals surface area contributed by atoms with Gasteiger partial charge >= 0.3 is 11.9 Å². The monoisotopic (exact) mass is 1110 g/mol. The molecule has 19 N–H and O–H groups in total. The van der Waals surface area contributed by atoms with Crippen LogP contribution in [-0.4, -0.2) is 187 Å². The Bertz CT molecular complexity index is 2250. The first-order valence-corrected chi connectivity index (χ1v) is 25.2. The Balaban J connectivity index is 3.48. The summed E-state index contributed by atoms with van der Waals surface area (Å²) in [6, 6.07) is -9.03. The topological polar surface area (TPSA) is 487 Å². The van der Waals surface area contributed by atoms with Crippen LogP contribution in [0, 0.1) is 17.8 Å². The number of aliphatic hydroxyl groups is 4. The Kier molecular flexibility index (Phi) is 29.1. The third-order valence-electron chi connectivity index (χ3n) is 12.6. The number of benzene rings is 1. The Hall–Kier alpha value is -7.34. The lowest BCUT2D eigenvalue weighted by atomic mass is 9.95. The summed E-state index contributed by atoms with van der Waals surface area (Å²) in [5, 5.41) is 80.7. The molecule has 1 aromatic carbocycles. The number of carbonyl (C=O) groups is 12. The highest BCUT2D eigenvalue weighted by Gasteiger charge is 2.39. The van der Waals surface area contributed by atoms with Crippen molar-refractivity contribution in [3.8, 4) is 0 Å². The molecule has 0 saturated carbocycles. The molecule has 0 aromatic heterocycles. The van der Waals surface area contributed by atoms with Crippen LogP contribution in [0.25, 0.3) is 0 Å². The molecule has 0 heterocycles. The summed E-state index contributed by atoms with van der Waals surface area (Å²) in [6.45, 7) is 12.1. The fraction of sp³-hybridized carbons (Fsp3) is 0.633. The number of hydrogen-bond acceptors (Lipinski definition) is 17. The fourth-order valence-electron chi connectivity index (χ4n) is 7.30. The second-order valence-corrected chi connectivity index (χ2v) is 19.4. The van der Waals surface area contributed by atoms with E-state index >= 15 is 0 Å². The van der Waals surface area contributed by atoms with Crippen molar-refractivity contribution >= 4 is 71.0 Å². The molecule has 0 aliphatic heterocycles. The van der Waals surface area contributed by atoms with Gasteiger partial charge in [0, 0.05) is 6.42 Å². The number of carboxylic acid groups (broad SMARTS) is 2. The number of carboxylic acids is 2. The molecule has 0 radical (unpaired) electrons. The fourth-order valence-corrected chi connectivity index (χ4v) is 7.30. The van der Waals surface area contributed by atoms with E-state index in [2.05, 4.69) is 42.5 Å². The third-order valence-corrected chi connectivity index (χ3v) is 12.6. The van der Waals surface area contributed by atoms with Crippen molar-refractivity contribution < 1.29 is 88.2 Å². The van der Waals surface area contributed by atoms with E-state index in [1.54, 1.807) is 51.1 Å². The summed E-state index contributed by atoms with van der Waals surface area (Å²) >= 11 is 0. The van der Waals surface area contributed by atoms with Crippen LogP contribution in [0.5, 0.6) is 0 Å². The summed E-state index contributed by atoms with van der Waals surface area (Å²) in [4.78, 5) is 158. The second-order valence-electron chi connectivity index (χ2n) is 19.4. The summed E-state index contributed by atoms with van der Waals surface area (Å²) in [5.74, 6) is -16.4. The van der Waals surface area contributed by atoms with Crippen molar-refractivity contribution in [2.24, 2.45) is 29.2 Å². The minimum absolute atomic E-state index is 0.261. The van der Waals surface area contributed by atoms with Crippen LogP contribution in [0.2, 0.25) is 0 Å². The normalized spacial score (nSPS) is 17.0. The smallest absolute Gasteiger partial charge is 0.328 e. The van der Waals surface area contributed by atoms with Crippen molar-refractivity contribution in [3.63, 3.8) is 0 Å². The molecule has 0 fully saturated rings. The largest absolute Gasteiger partial charge is 0.481 e. The van der Waals surface area contributed by atoms with Crippen molar-refractivity contribution in [2.45, 2.75) is 173 Å². The molecular formula is C49H79N11O18. The van der Waals surface area contributed by atoms with E-state index in [0.717, 1.165) is 20.8 Å². The number of hydrogen-bond donors (Lipinski definition) is 17. The highest BCUT2D eigenvalue weighted by Crippen LogP contribution is 2.13. The molecule has 0 bridgehead atoms. The van der Waals surface area contributed by atoms with Gasteiger partial charge < -0.3 is 90.0 Å². The SMILES string of the molecule is CC[C@H](C)[C@H](N)C(=O)N[C@H](C(=O)N[C@H](C(=O)N[C@H](C(=O)N[C@@H](CC(=O)O)C(=O)N[C@@H](CC(N)=O)C(=O)N[C@H](C(=O)N[C@@H](Cc1ccccc1)C(=O)N[C@H](C(=O)N[C@@H](CO)C(=O)O)C(C)C)[C@@H](C)O)[C@@H](C)O)[C@@H](C)O)[C@@H](C)CC. The van der Waals surface area contributed by atoms with E-state index < -0.39 is 181 Å². The molecule has 0 saturated heterocycles. The lowest BCUT2D eigenvalue weighted by Crippen LogP contribution is -2.64. The average molecular weight is 1110 g/mol. The van der Waals surface area contributed by atoms with Gasteiger partial charge in [-0.3, -0.25) is 52.7 Å². The molecule has 1 rings (SSSR count). The molecule has 29 heteroatoms. The van der Waals surface area contributed by atoms with E-state index in [1.807, 2.05) is 12.2 Å². The third kappa shape index (κ3) is 22.3. The Morgan fingerprint density at radius 2 is 0.821 bits per heavy atom. The van der Waals surface area contributed by atoms with Gasteiger partial charge in [0.15, 0.2) is 0 Å². The van der Waals surface area contributed by atoms with E-state index in [1.165, 1.54) is 13.8 Å². The summed E-state index contributed by atoms with van der Waals surface area (Å²) in [7, 11) is 0. The molecule has 0 aliphatic carbocycles.